The summed E-state index contributed by atoms with van der Waals surface area (Å²) in [5.41, 5.74) is 3.86. The molecule has 4 heteroatoms. The van der Waals surface area contributed by atoms with Crippen LogP contribution in [-0.4, -0.2) is 6.04 Å². The van der Waals surface area contributed by atoms with Gasteiger partial charge in [-0.2, -0.15) is 0 Å². The van der Waals surface area contributed by atoms with Gasteiger partial charge >= 0.3 is 0 Å². The summed E-state index contributed by atoms with van der Waals surface area (Å²) in [6.45, 7) is 2.30. The van der Waals surface area contributed by atoms with E-state index in [0.717, 1.165) is 17.9 Å². The van der Waals surface area contributed by atoms with Crippen molar-refractivity contribution in [1.29, 1.82) is 0 Å². The monoisotopic (exact) mass is 284 g/mol. The highest BCUT2D eigenvalue weighted by atomic mass is 35.5. The van der Waals surface area contributed by atoms with Gasteiger partial charge in [-0.05, 0) is 48.8 Å². The van der Waals surface area contributed by atoms with E-state index in [1.165, 1.54) is 31.7 Å². The number of hydrogen-bond acceptors (Lipinski definition) is 2. The van der Waals surface area contributed by atoms with E-state index in [1.807, 2.05) is 6.07 Å². The first kappa shape index (κ1) is 14.8. The van der Waals surface area contributed by atoms with Crippen LogP contribution in [0.5, 0.6) is 0 Å². The fourth-order valence-electron chi connectivity index (χ4n) is 2.97. The van der Waals surface area contributed by atoms with E-state index in [2.05, 4.69) is 12.3 Å². The number of hydrogen-bond donors (Lipinski definition) is 2. The summed E-state index contributed by atoms with van der Waals surface area (Å²) in [5.74, 6) is 6.73. The fourth-order valence-corrected chi connectivity index (χ4v) is 3.09. The van der Waals surface area contributed by atoms with E-state index >= 15 is 0 Å². The van der Waals surface area contributed by atoms with Crippen molar-refractivity contribution in [3.05, 3.63) is 34.6 Å². The van der Waals surface area contributed by atoms with Gasteiger partial charge in [0.15, 0.2) is 0 Å². The second kappa shape index (κ2) is 6.69. The van der Waals surface area contributed by atoms with Crippen LogP contribution in [0.4, 0.5) is 4.39 Å². The quantitative estimate of drug-likeness (QED) is 0.654. The molecule has 1 aliphatic carbocycles. The third kappa shape index (κ3) is 3.91. The largest absolute Gasteiger partial charge is 0.271 e. The Hall–Kier alpha value is -0.640. The fraction of sp³-hybridized carbons (Fsp3) is 0.600. The van der Waals surface area contributed by atoms with Gasteiger partial charge in [0.1, 0.15) is 5.82 Å². The first-order chi connectivity index (χ1) is 9.10. The third-order valence-electron chi connectivity index (χ3n) is 4.28. The summed E-state index contributed by atoms with van der Waals surface area (Å²) in [4.78, 5) is 0. The van der Waals surface area contributed by atoms with Gasteiger partial charge in [-0.25, -0.2) is 4.39 Å². The van der Waals surface area contributed by atoms with Crippen LogP contribution in [0, 0.1) is 17.7 Å². The van der Waals surface area contributed by atoms with Gasteiger partial charge in [0.2, 0.25) is 0 Å². The molecular formula is C15H22ClFN2. The summed E-state index contributed by atoms with van der Waals surface area (Å²) in [6, 6.07) is 5.22. The summed E-state index contributed by atoms with van der Waals surface area (Å²) >= 11 is 5.70. The van der Waals surface area contributed by atoms with Gasteiger partial charge in [0.05, 0.1) is 5.02 Å². The van der Waals surface area contributed by atoms with E-state index in [0.29, 0.717) is 5.92 Å². The Morgan fingerprint density at radius 2 is 2.05 bits per heavy atom. The molecule has 2 rings (SSSR count). The third-order valence-corrected chi connectivity index (χ3v) is 4.59. The van der Waals surface area contributed by atoms with Crippen molar-refractivity contribution in [2.45, 2.75) is 45.1 Å². The highest BCUT2D eigenvalue weighted by Gasteiger charge is 2.25. The van der Waals surface area contributed by atoms with Crippen LogP contribution in [0.15, 0.2) is 18.2 Å². The molecule has 0 aromatic heterocycles. The minimum atomic E-state index is -0.354. The molecule has 1 aromatic rings. The molecule has 19 heavy (non-hydrogen) atoms. The zero-order valence-corrected chi connectivity index (χ0v) is 12.1. The first-order valence-electron chi connectivity index (χ1n) is 7.00. The normalized spacial score (nSPS) is 25.3. The molecule has 1 fully saturated rings. The predicted octanol–water partition coefficient (Wildman–Crippen LogP) is 3.68. The number of benzene rings is 1. The average molecular weight is 285 g/mol. The summed E-state index contributed by atoms with van der Waals surface area (Å²) in [5, 5.41) is 0.174. The standard InChI is InChI=1S/C15H22ClFN2/c1-10-2-5-12(6-3-10)15(19-18)9-11-4-7-13(16)14(17)8-11/h4,7-8,10,12,15,19H,2-3,5-6,9,18H2,1H3. The highest BCUT2D eigenvalue weighted by Crippen LogP contribution is 2.31. The number of nitrogens with two attached hydrogens (primary N) is 1. The summed E-state index contributed by atoms with van der Waals surface area (Å²) in [6.07, 6.45) is 5.68. The zero-order chi connectivity index (χ0) is 13.8. The summed E-state index contributed by atoms with van der Waals surface area (Å²) in [7, 11) is 0. The minimum absolute atomic E-state index is 0.174. The maximum absolute atomic E-state index is 13.4. The number of hydrazine groups is 1. The van der Waals surface area contributed by atoms with Crippen LogP contribution in [-0.2, 0) is 6.42 Å². The topological polar surface area (TPSA) is 38.0 Å². The molecule has 0 heterocycles. The molecular weight excluding hydrogens is 263 g/mol. The van der Waals surface area contributed by atoms with Gasteiger partial charge < -0.3 is 0 Å². The molecule has 0 radical (unpaired) electrons. The molecule has 1 atom stereocenters. The molecule has 0 saturated heterocycles. The molecule has 0 spiro atoms. The van der Waals surface area contributed by atoms with Crippen LogP contribution in [0.1, 0.15) is 38.2 Å². The lowest BCUT2D eigenvalue weighted by Gasteiger charge is -2.32. The predicted molar refractivity (Wildman–Crippen MR) is 77.3 cm³/mol. The van der Waals surface area contributed by atoms with Crippen molar-refractivity contribution in [3.8, 4) is 0 Å². The molecule has 2 nitrogen and oxygen atoms in total. The second-order valence-corrected chi connectivity index (χ2v) is 6.15. The Kier molecular flexibility index (Phi) is 5.20. The van der Waals surface area contributed by atoms with Crippen LogP contribution in [0.3, 0.4) is 0 Å². The smallest absolute Gasteiger partial charge is 0.142 e. The Balaban J connectivity index is 2.00. The van der Waals surface area contributed by atoms with Gasteiger partial charge in [-0.1, -0.05) is 37.4 Å². The van der Waals surface area contributed by atoms with Gasteiger partial charge in [0, 0.05) is 6.04 Å². The van der Waals surface area contributed by atoms with E-state index in [4.69, 9.17) is 17.4 Å². The Labute approximate surface area is 119 Å². The zero-order valence-electron chi connectivity index (χ0n) is 11.3. The molecule has 0 amide bonds. The number of nitrogens with one attached hydrogen (secondary N) is 1. The van der Waals surface area contributed by atoms with Crippen molar-refractivity contribution >= 4 is 11.6 Å². The number of rotatable bonds is 4. The minimum Gasteiger partial charge on any atom is -0.271 e. The van der Waals surface area contributed by atoms with Crippen molar-refractivity contribution in [2.24, 2.45) is 17.7 Å². The lowest BCUT2D eigenvalue weighted by molar-refractivity contribution is 0.229. The molecule has 0 aliphatic heterocycles. The van der Waals surface area contributed by atoms with E-state index in [1.54, 1.807) is 6.07 Å². The SMILES string of the molecule is CC1CCC(C(Cc2ccc(Cl)c(F)c2)NN)CC1. The van der Waals surface area contributed by atoms with Crippen LogP contribution in [0.2, 0.25) is 5.02 Å². The van der Waals surface area contributed by atoms with Crippen molar-refractivity contribution in [2.75, 3.05) is 0 Å². The second-order valence-electron chi connectivity index (χ2n) is 5.75. The summed E-state index contributed by atoms with van der Waals surface area (Å²) < 4.78 is 13.4. The van der Waals surface area contributed by atoms with E-state index in [-0.39, 0.29) is 16.9 Å². The van der Waals surface area contributed by atoms with Gasteiger partial charge in [-0.3, -0.25) is 11.3 Å². The highest BCUT2D eigenvalue weighted by molar-refractivity contribution is 6.30. The number of halogens is 2. The molecule has 1 aliphatic rings. The van der Waals surface area contributed by atoms with Gasteiger partial charge in [-0.15, -0.1) is 0 Å². The Bertz CT molecular complexity index is 417. The van der Waals surface area contributed by atoms with E-state index < -0.39 is 0 Å². The molecule has 1 saturated carbocycles. The van der Waals surface area contributed by atoms with Crippen LogP contribution < -0.4 is 11.3 Å². The van der Waals surface area contributed by atoms with Crippen LogP contribution >= 0.6 is 11.6 Å². The van der Waals surface area contributed by atoms with Crippen LogP contribution in [0.25, 0.3) is 0 Å². The maximum Gasteiger partial charge on any atom is 0.142 e. The van der Waals surface area contributed by atoms with Crippen molar-refractivity contribution in [1.82, 2.24) is 5.43 Å². The lowest BCUT2D eigenvalue weighted by Crippen LogP contribution is -2.43. The van der Waals surface area contributed by atoms with Gasteiger partial charge in [0.25, 0.3) is 0 Å². The Morgan fingerprint density at radius 1 is 1.37 bits per heavy atom. The van der Waals surface area contributed by atoms with Crippen molar-refractivity contribution < 1.29 is 4.39 Å². The molecule has 106 valence electrons. The lowest BCUT2D eigenvalue weighted by atomic mass is 9.78. The molecule has 1 aromatic carbocycles. The Morgan fingerprint density at radius 3 is 2.63 bits per heavy atom. The van der Waals surface area contributed by atoms with Crippen molar-refractivity contribution in [3.63, 3.8) is 0 Å². The van der Waals surface area contributed by atoms with E-state index in [9.17, 15) is 4.39 Å². The maximum atomic E-state index is 13.4. The molecule has 1 unspecified atom stereocenters. The molecule has 3 N–H and O–H groups in total. The average Bonchev–Trinajstić information content (AvgIpc) is 2.41. The molecule has 0 bridgehead atoms. The first-order valence-corrected chi connectivity index (χ1v) is 7.38.